The number of rotatable bonds is 2. The van der Waals surface area contributed by atoms with Crippen molar-refractivity contribution in [1.29, 1.82) is 0 Å². The van der Waals surface area contributed by atoms with Crippen molar-refractivity contribution < 1.29 is 4.79 Å². The van der Waals surface area contributed by atoms with Gasteiger partial charge in [0.25, 0.3) is 5.91 Å². The van der Waals surface area contributed by atoms with Crippen LogP contribution < -0.4 is 5.32 Å². The minimum Gasteiger partial charge on any atom is -0.330 e. The van der Waals surface area contributed by atoms with Crippen molar-refractivity contribution in [2.75, 3.05) is 13.1 Å². The monoisotopic (exact) mass is 340 g/mol. The van der Waals surface area contributed by atoms with Crippen LogP contribution in [0.5, 0.6) is 0 Å². The molecule has 2 fully saturated rings. The number of carbonyl (C=O) groups excluding carboxylic acids is 1. The summed E-state index contributed by atoms with van der Waals surface area (Å²) in [6.07, 6.45) is 3.26. The van der Waals surface area contributed by atoms with Gasteiger partial charge in [-0.3, -0.25) is 9.89 Å². The Bertz CT molecular complexity index is 499. The van der Waals surface area contributed by atoms with E-state index in [9.17, 15) is 4.79 Å². The van der Waals surface area contributed by atoms with Gasteiger partial charge < -0.3 is 10.2 Å². The number of aromatic amines is 1. The van der Waals surface area contributed by atoms with Crippen LogP contribution in [0.1, 0.15) is 55.2 Å². The van der Waals surface area contributed by atoms with E-state index in [1.54, 1.807) is 0 Å². The maximum absolute atomic E-state index is 12.9. The lowest BCUT2D eigenvalue weighted by Gasteiger charge is -2.27. The average molecular weight is 341 g/mol. The maximum Gasteiger partial charge on any atom is 0.276 e. The third-order valence-corrected chi connectivity index (χ3v) is 5.20. The van der Waals surface area contributed by atoms with E-state index >= 15 is 0 Å². The smallest absolute Gasteiger partial charge is 0.276 e. The third kappa shape index (κ3) is 2.29. The zero-order chi connectivity index (χ0) is 14.3. The Balaban J connectivity index is 1.89. The second kappa shape index (κ2) is 5.48. The summed E-state index contributed by atoms with van der Waals surface area (Å²) in [7, 11) is 0. The molecule has 3 rings (SSSR count). The van der Waals surface area contributed by atoms with Crippen molar-refractivity contribution in [2.24, 2.45) is 0 Å². The lowest BCUT2D eigenvalue weighted by molar-refractivity contribution is 0.0673. The van der Waals surface area contributed by atoms with Crippen molar-refractivity contribution in [3.05, 3.63) is 15.9 Å². The van der Waals surface area contributed by atoms with Gasteiger partial charge in [0.05, 0.1) is 10.2 Å². The third-order valence-electron chi connectivity index (χ3n) is 4.40. The number of nitrogens with zero attached hydrogens (tertiary/aromatic N) is 2. The van der Waals surface area contributed by atoms with Crippen LogP contribution in [0.2, 0.25) is 0 Å². The maximum atomic E-state index is 12.9. The molecule has 2 N–H and O–H groups in total. The number of nitrogens with one attached hydrogen (secondary N) is 2. The second-order valence-electron chi connectivity index (χ2n) is 6.04. The van der Waals surface area contributed by atoms with Gasteiger partial charge in [-0.15, -0.1) is 0 Å². The van der Waals surface area contributed by atoms with E-state index in [4.69, 9.17) is 0 Å². The Morgan fingerprint density at radius 1 is 1.35 bits per heavy atom. The molecule has 2 aliphatic heterocycles. The number of fused-ring (bicyclic) bond motifs is 2. The summed E-state index contributed by atoms with van der Waals surface area (Å²) >= 11 is 3.54. The summed E-state index contributed by atoms with van der Waals surface area (Å²) < 4.78 is 0.828. The highest BCUT2D eigenvalue weighted by Crippen LogP contribution is 2.32. The summed E-state index contributed by atoms with van der Waals surface area (Å²) in [4.78, 5) is 14.9. The van der Waals surface area contributed by atoms with Gasteiger partial charge in [-0.05, 0) is 47.7 Å². The van der Waals surface area contributed by atoms with Crippen molar-refractivity contribution in [2.45, 2.75) is 51.1 Å². The van der Waals surface area contributed by atoms with Crippen molar-refractivity contribution in [3.63, 3.8) is 0 Å². The van der Waals surface area contributed by atoms with E-state index in [1.807, 2.05) is 0 Å². The van der Waals surface area contributed by atoms with E-state index in [0.29, 0.717) is 23.7 Å². The molecule has 0 spiro atoms. The number of amides is 1. The van der Waals surface area contributed by atoms with E-state index < -0.39 is 0 Å². The van der Waals surface area contributed by atoms with Gasteiger partial charge in [-0.2, -0.15) is 5.10 Å². The van der Waals surface area contributed by atoms with Crippen LogP contribution in [-0.4, -0.2) is 46.2 Å². The summed E-state index contributed by atoms with van der Waals surface area (Å²) in [6.45, 7) is 6.09. The average Bonchev–Trinajstić information content (AvgIpc) is 2.88. The van der Waals surface area contributed by atoms with Crippen molar-refractivity contribution >= 4 is 21.8 Å². The highest BCUT2D eigenvalue weighted by molar-refractivity contribution is 9.10. The summed E-state index contributed by atoms with van der Waals surface area (Å²) in [5.74, 6) is 0.386. The summed E-state index contributed by atoms with van der Waals surface area (Å²) in [5.41, 5.74) is 1.53. The minimum absolute atomic E-state index is 0.0659. The molecule has 5 nitrogen and oxygen atoms in total. The van der Waals surface area contributed by atoms with Gasteiger partial charge in [-0.1, -0.05) is 13.8 Å². The first-order valence-electron chi connectivity index (χ1n) is 7.36. The number of carbonyl (C=O) groups is 1. The zero-order valence-electron chi connectivity index (χ0n) is 11.9. The fourth-order valence-electron chi connectivity index (χ4n) is 3.30. The Labute approximate surface area is 127 Å². The molecule has 1 amide bonds. The summed E-state index contributed by atoms with van der Waals surface area (Å²) in [6, 6.07) is 0.690. The highest BCUT2D eigenvalue weighted by Gasteiger charge is 2.39. The molecule has 2 atom stereocenters. The Morgan fingerprint density at radius 2 is 2.10 bits per heavy atom. The largest absolute Gasteiger partial charge is 0.330 e. The second-order valence-corrected chi connectivity index (χ2v) is 6.84. The summed E-state index contributed by atoms with van der Waals surface area (Å²) in [5, 5.41) is 10.7. The molecule has 1 aromatic rings. The van der Waals surface area contributed by atoms with Crippen LogP contribution >= 0.6 is 15.9 Å². The molecule has 0 aliphatic carbocycles. The van der Waals surface area contributed by atoms with Crippen LogP contribution in [0.15, 0.2) is 4.47 Å². The number of aromatic nitrogens is 2. The molecule has 2 unspecified atom stereocenters. The predicted molar refractivity (Wildman–Crippen MR) is 80.8 cm³/mol. The minimum atomic E-state index is 0.0659. The quantitative estimate of drug-likeness (QED) is 0.868. The van der Waals surface area contributed by atoms with Gasteiger partial charge in [0, 0.05) is 18.6 Å². The molecule has 2 saturated heterocycles. The SMILES string of the molecule is CC(C)c1[nH]nc(C(=O)N2C3CCNCC2CC3)c1Br. The van der Waals surface area contributed by atoms with Crippen LogP contribution in [0, 0.1) is 0 Å². The standard InChI is InChI=1S/C14H21BrN4O/c1-8(2)12-11(15)13(18-17-12)14(20)19-9-3-4-10(19)7-16-6-5-9/h8-10,16H,3-7H2,1-2H3,(H,17,18). The van der Waals surface area contributed by atoms with Gasteiger partial charge in [0.15, 0.2) is 5.69 Å². The zero-order valence-corrected chi connectivity index (χ0v) is 13.5. The van der Waals surface area contributed by atoms with Gasteiger partial charge in [0.1, 0.15) is 0 Å². The van der Waals surface area contributed by atoms with Crippen LogP contribution in [0.25, 0.3) is 0 Å². The normalized spacial score (nSPS) is 26.1. The molecule has 0 radical (unpaired) electrons. The van der Waals surface area contributed by atoms with E-state index in [0.717, 1.165) is 42.5 Å². The molecule has 2 bridgehead atoms. The molecule has 0 saturated carbocycles. The van der Waals surface area contributed by atoms with Crippen LogP contribution in [0.4, 0.5) is 0 Å². The lowest BCUT2D eigenvalue weighted by Crippen LogP contribution is -2.42. The fraction of sp³-hybridized carbons (Fsp3) is 0.714. The first kappa shape index (κ1) is 14.1. The number of halogens is 1. The number of H-pyrrole nitrogens is 1. The molecule has 6 heteroatoms. The topological polar surface area (TPSA) is 61.0 Å². The number of hydrogen-bond acceptors (Lipinski definition) is 3. The van der Waals surface area contributed by atoms with Crippen molar-refractivity contribution in [3.8, 4) is 0 Å². The van der Waals surface area contributed by atoms with Crippen LogP contribution in [-0.2, 0) is 0 Å². The van der Waals surface area contributed by atoms with Gasteiger partial charge in [0.2, 0.25) is 0 Å². The Hall–Kier alpha value is -0.880. The van der Waals surface area contributed by atoms with E-state index in [1.165, 1.54) is 0 Å². The molecule has 1 aromatic heterocycles. The van der Waals surface area contributed by atoms with Gasteiger partial charge >= 0.3 is 0 Å². The predicted octanol–water partition coefficient (Wildman–Crippen LogP) is 2.26. The lowest BCUT2D eigenvalue weighted by atomic mass is 10.1. The first-order chi connectivity index (χ1) is 9.59. The number of hydrogen-bond donors (Lipinski definition) is 2. The van der Waals surface area contributed by atoms with E-state index in [2.05, 4.69) is 50.2 Å². The molecule has 2 aliphatic rings. The molecular formula is C14H21BrN4O. The highest BCUT2D eigenvalue weighted by atomic mass is 79.9. The first-order valence-corrected chi connectivity index (χ1v) is 8.16. The molecular weight excluding hydrogens is 320 g/mol. The molecule has 20 heavy (non-hydrogen) atoms. The van der Waals surface area contributed by atoms with Crippen molar-refractivity contribution in [1.82, 2.24) is 20.4 Å². The fourth-order valence-corrected chi connectivity index (χ4v) is 4.11. The van der Waals surface area contributed by atoms with Crippen LogP contribution in [0.3, 0.4) is 0 Å². The molecule has 0 aromatic carbocycles. The molecule has 110 valence electrons. The van der Waals surface area contributed by atoms with E-state index in [-0.39, 0.29) is 5.91 Å². The van der Waals surface area contributed by atoms with Gasteiger partial charge in [-0.25, -0.2) is 0 Å². The Kier molecular flexibility index (Phi) is 3.86. The Morgan fingerprint density at radius 3 is 2.80 bits per heavy atom. The molecule has 3 heterocycles.